The molecular weight excluding hydrogens is 74.2 g/mol. The van der Waals surface area contributed by atoms with E-state index in [1.165, 1.54) is 0 Å². The summed E-state index contributed by atoms with van der Waals surface area (Å²) in [6, 6.07) is 0. The van der Waals surface area contributed by atoms with Gasteiger partial charge in [0.05, 0.1) is 0 Å². The molecule has 0 aromatic heterocycles. The first-order valence-corrected chi connectivity index (χ1v) is 0.866. The minimum atomic E-state index is 0. The standard InChI is InChI=1S/Al.Li.Mg.O.4H. The SMILES string of the molecule is [LiH].[MgH2].[O]=[AlH]. The van der Waals surface area contributed by atoms with Crippen LogP contribution in [-0.2, 0) is 3.80 Å². The molecule has 0 N–H and O–H groups in total. The van der Waals surface area contributed by atoms with Gasteiger partial charge in [-0.15, -0.1) is 0 Å². The molecule has 0 spiro atoms. The van der Waals surface area contributed by atoms with Crippen molar-refractivity contribution in [2.45, 2.75) is 0 Å². The topological polar surface area (TPSA) is 17.1 Å². The Morgan fingerprint density at radius 1 is 1.25 bits per heavy atom. The van der Waals surface area contributed by atoms with Crippen molar-refractivity contribution in [2.24, 2.45) is 0 Å². The van der Waals surface area contributed by atoms with Gasteiger partial charge in [0.15, 0.2) is 0 Å². The third-order valence-electron chi connectivity index (χ3n) is 0. The molecule has 0 saturated heterocycles. The van der Waals surface area contributed by atoms with Crippen molar-refractivity contribution >= 4 is 58.1 Å². The van der Waals surface area contributed by atoms with Gasteiger partial charge in [-0.1, -0.05) is 0 Å². The molecule has 0 heterocycles. The molecular formula is H4AlLiMgO. The van der Waals surface area contributed by atoms with Crippen LogP contribution in [0.25, 0.3) is 0 Å². The van der Waals surface area contributed by atoms with Crippen LogP contribution < -0.4 is 0 Å². The van der Waals surface area contributed by atoms with Crippen LogP contribution in [0.4, 0.5) is 0 Å². The van der Waals surface area contributed by atoms with E-state index in [9.17, 15) is 0 Å². The Balaban J connectivity index is -0.00000000500. The number of hydrogen-bond acceptors (Lipinski definition) is 1. The minimum absolute atomic E-state index is 0. The fourth-order valence-electron chi connectivity index (χ4n) is 0. The molecule has 0 bridgehead atoms. The maximum absolute atomic E-state index is 8.28. The summed E-state index contributed by atoms with van der Waals surface area (Å²) in [5, 5.41) is 0. The van der Waals surface area contributed by atoms with Gasteiger partial charge in [-0.2, -0.15) is 0 Å². The van der Waals surface area contributed by atoms with Crippen LogP contribution in [0.1, 0.15) is 0 Å². The van der Waals surface area contributed by atoms with E-state index in [4.69, 9.17) is 3.80 Å². The molecule has 1 nitrogen and oxygen atoms in total. The van der Waals surface area contributed by atoms with E-state index in [0.29, 0.717) is 16.2 Å². The Kier molecular flexibility index (Phi) is 96.3. The van der Waals surface area contributed by atoms with Gasteiger partial charge in [0.2, 0.25) is 0 Å². The van der Waals surface area contributed by atoms with Gasteiger partial charge in [0.1, 0.15) is 0 Å². The fourth-order valence-corrected chi connectivity index (χ4v) is 0. The molecule has 0 aliphatic heterocycles. The average Bonchev–Trinajstić information content (AvgIpc) is 1.00. The van der Waals surface area contributed by atoms with E-state index in [-0.39, 0.29) is 41.9 Å². The van der Waals surface area contributed by atoms with Gasteiger partial charge in [0.25, 0.3) is 0 Å². The van der Waals surface area contributed by atoms with Gasteiger partial charge in [0, 0.05) is 0 Å². The average molecular weight is 78.3 g/mol. The summed E-state index contributed by atoms with van der Waals surface area (Å²) in [5.74, 6) is 0. The van der Waals surface area contributed by atoms with E-state index < -0.39 is 0 Å². The van der Waals surface area contributed by atoms with Crippen LogP contribution in [-0.4, -0.2) is 58.1 Å². The maximum atomic E-state index is 8.28. The van der Waals surface area contributed by atoms with E-state index in [1.807, 2.05) is 0 Å². The van der Waals surface area contributed by atoms with Gasteiger partial charge < -0.3 is 0 Å². The van der Waals surface area contributed by atoms with Crippen molar-refractivity contribution in [2.75, 3.05) is 0 Å². The Labute approximate surface area is 61.5 Å². The van der Waals surface area contributed by atoms with Crippen LogP contribution in [0.2, 0.25) is 0 Å². The summed E-state index contributed by atoms with van der Waals surface area (Å²) in [6.45, 7) is 0. The summed E-state index contributed by atoms with van der Waals surface area (Å²) in [7, 11) is 0. The first-order chi connectivity index (χ1) is 1.00. The van der Waals surface area contributed by atoms with Gasteiger partial charge in [-0.3, -0.25) is 0 Å². The van der Waals surface area contributed by atoms with E-state index in [2.05, 4.69) is 0 Å². The molecule has 0 fully saturated rings. The quantitative estimate of drug-likeness (QED) is 0.297. The van der Waals surface area contributed by atoms with E-state index in [1.54, 1.807) is 0 Å². The van der Waals surface area contributed by atoms with E-state index >= 15 is 0 Å². The zero-order chi connectivity index (χ0) is 2.00. The summed E-state index contributed by atoms with van der Waals surface area (Å²) < 4.78 is 8.28. The normalized spacial score (nSPS) is 0.750. The summed E-state index contributed by atoms with van der Waals surface area (Å²) in [4.78, 5) is 0. The molecule has 0 aliphatic carbocycles. The second kappa shape index (κ2) is 22.3. The first-order valence-electron chi connectivity index (χ1n) is 0.289. The molecule has 0 aromatic rings. The molecule has 0 saturated carbocycles. The van der Waals surface area contributed by atoms with Crippen molar-refractivity contribution in [3.8, 4) is 0 Å². The fraction of sp³-hybridized carbons (Fsp3) is 0. The Hall–Kier alpha value is 1.70. The Morgan fingerprint density at radius 2 is 1.25 bits per heavy atom. The molecule has 0 rings (SSSR count). The zero-order valence-corrected chi connectivity index (χ0v) is 2.53. The predicted octanol–water partition coefficient (Wildman–Crippen LogP) is -2.33. The molecule has 0 amide bonds. The summed E-state index contributed by atoms with van der Waals surface area (Å²) >= 11 is 0.611. The predicted molar refractivity (Wildman–Crippen MR) is 23.5 cm³/mol. The molecule has 0 radical (unpaired) electrons. The zero-order valence-electron chi connectivity index (χ0n) is 1.12. The molecule has 0 aromatic carbocycles. The molecule has 4 heteroatoms. The molecule has 4 heavy (non-hydrogen) atoms. The van der Waals surface area contributed by atoms with Crippen LogP contribution >= 0.6 is 0 Å². The van der Waals surface area contributed by atoms with Crippen LogP contribution in [0.5, 0.6) is 0 Å². The van der Waals surface area contributed by atoms with E-state index in [0.717, 1.165) is 0 Å². The monoisotopic (exact) mass is 78.0 g/mol. The van der Waals surface area contributed by atoms with Crippen LogP contribution in [0.3, 0.4) is 0 Å². The van der Waals surface area contributed by atoms with Crippen LogP contribution in [0, 0.1) is 0 Å². The second-order valence-electron chi connectivity index (χ2n) is 0. The summed E-state index contributed by atoms with van der Waals surface area (Å²) in [5.41, 5.74) is 0. The molecule has 16 valence electrons. The number of hydrogen-bond donors (Lipinski definition) is 0. The second-order valence-corrected chi connectivity index (χ2v) is 0. The van der Waals surface area contributed by atoms with Crippen molar-refractivity contribution < 1.29 is 3.80 Å². The van der Waals surface area contributed by atoms with Crippen molar-refractivity contribution in [3.05, 3.63) is 0 Å². The first kappa shape index (κ1) is 17.3. The van der Waals surface area contributed by atoms with Crippen molar-refractivity contribution in [1.82, 2.24) is 0 Å². The molecule has 0 unspecified atom stereocenters. The van der Waals surface area contributed by atoms with Gasteiger partial charge in [-0.25, -0.2) is 0 Å². The Bertz CT molecular complexity index is 8.00. The number of rotatable bonds is 0. The van der Waals surface area contributed by atoms with Crippen molar-refractivity contribution in [1.29, 1.82) is 0 Å². The third-order valence-corrected chi connectivity index (χ3v) is 0. The van der Waals surface area contributed by atoms with Gasteiger partial charge in [-0.05, 0) is 0 Å². The third kappa shape index (κ3) is 9.34. The van der Waals surface area contributed by atoms with Crippen molar-refractivity contribution in [3.63, 3.8) is 0 Å². The van der Waals surface area contributed by atoms with Crippen LogP contribution in [0.15, 0.2) is 0 Å². The van der Waals surface area contributed by atoms with Gasteiger partial charge >= 0.3 is 61.9 Å². The molecule has 0 atom stereocenters. The summed E-state index contributed by atoms with van der Waals surface area (Å²) in [6.07, 6.45) is 0. The Morgan fingerprint density at radius 3 is 1.25 bits per heavy atom. The molecule has 0 aliphatic rings.